The van der Waals surface area contributed by atoms with Crippen molar-refractivity contribution in [3.05, 3.63) is 35.4 Å². The number of carbonyl (C=O) groups excluding carboxylic acids is 1. The SMILES string of the molecule is COc1c(S(=O)(=O)O)ccc(C(=O)c2ccc(S(=O)(=O)OC)c(OC)c2O)c1O. The Morgan fingerprint density at radius 2 is 1.21 bits per heavy atom. The van der Waals surface area contributed by atoms with E-state index < -0.39 is 69.9 Å². The van der Waals surface area contributed by atoms with Crippen molar-refractivity contribution in [2.75, 3.05) is 21.3 Å². The predicted molar refractivity (Wildman–Crippen MR) is 96.8 cm³/mol. The second-order valence-electron chi connectivity index (χ2n) is 5.41. The maximum Gasteiger partial charge on any atom is 0.300 e. The Bertz CT molecular complexity index is 1180. The minimum absolute atomic E-state index is 0.464. The Morgan fingerprint density at radius 3 is 1.59 bits per heavy atom. The summed E-state index contributed by atoms with van der Waals surface area (Å²) in [7, 11) is -6.08. The van der Waals surface area contributed by atoms with Crippen molar-refractivity contribution < 1.29 is 50.1 Å². The standard InChI is InChI=1S/C16H16O11S2/c1-25-15-10(28(20,21)22)6-4-8(13(15)18)12(17)9-5-7-11(29(23,24)27-3)16(26-2)14(9)19/h4-7,18-19H,1-3H3,(H,20,21,22). The lowest BCUT2D eigenvalue weighted by Gasteiger charge is -2.14. The lowest BCUT2D eigenvalue weighted by molar-refractivity contribution is 0.103. The lowest BCUT2D eigenvalue weighted by atomic mass is 10.0. The Morgan fingerprint density at radius 1 is 0.793 bits per heavy atom. The Hall–Kier alpha value is -2.87. The van der Waals surface area contributed by atoms with Gasteiger partial charge in [0, 0.05) is 0 Å². The molecule has 13 heteroatoms. The van der Waals surface area contributed by atoms with Gasteiger partial charge in [-0.15, -0.1) is 0 Å². The van der Waals surface area contributed by atoms with E-state index in [1.54, 1.807) is 0 Å². The Labute approximate surface area is 166 Å². The van der Waals surface area contributed by atoms with E-state index in [9.17, 15) is 36.4 Å². The summed E-state index contributed by atoms with van der Waals surface area (Å²) < 4.78 is 69.7. The second kappa shape index (κ2) is 7.87. The zero-order valence-corrected chi connectivity index (χ0v) is 16.9. The molecule has 0 aliphatic rings. The first-order valence-electron chi connectivity index (χ1n) is 7.53. The van der Waals surface area contributed by atoms with E-state index in [0.29, 0.717) is 0 Å². The number of phenols is 2. The number of ether oxygens (including phenoxy) is 2. The highest BCUT2D eigenvalue weighted by Crippen LogP contribution is 2.41. The van der Waals surface area contributed by atoms with Crippen molar-refractivity contribution >= 4 is 26.0 Å². The normalized spacial score (nSPS) is 11.9. The molecule has 11 nitrogen and oxygen atoms in total. The zero-order valence-electron chi connectivity index (χ0n) is 15.2. The lowest BCUT2D eigenvalue weighted by Crippen LogP contribution is -2.09. The molecule has 0 fully saturated rings. The highest BCUT2D eigenvalue weighted by molar-refractivity contribution is 7.87. The summed E-state index contributed by atoms with van der Waals surface area (Å²) in [5.74, 6) is -4.05. The van der Waals surface area contributed by atoms with Crippen LogP contribution in [0.3, 0.4) is 0 Å². The predicted octanol–water partition coefficient (Wildman–Crippen LogP) is 0.928. The molecule has 0 atom stereocenters. The third-order valence-corrected chi connectivity index (χ3v) is 6.03. The van der Waals surface area contributed by atoms with Crippen molar-refractivity contribution in [1.82, 2.24) is 0 Å². The molecule has 0 aromatic heterocycles. The van der Waals surface area contributed by atoms with Gasteiger partial charge in [-0.3, -0.25) is 13.5 Å². The van der Waals surface area contributed by atoms with Gasteiger partial charge in [0.25, 0.3) is 10.1 Å². The minimum Gasteiger partial charge on any atom is -0.504 e. The molecule has 0 unspecified atom stereocenters. The molecule has 0 heterocycles. The van der Waals surface area contributed by atoms with Gasteiger partial charge in [-0.05, 0) is 24.3 Å². The number of hydrogen-bond donors (Lipinski definition) is 3. The van der Waals surface area contributed by atoms with Gasteiger partial charge in [0.05, 0.1) is 32.5 Å². The van der Waals surface area contributed by atoms with E-state index in [2.05, 4.69) is 4.18 Å². The smallest absolute Gasteiger partial charge is 0.300 e. The van der Waals surface area contributed by atoms with Gasteiger partial charge in [0.2, 0.25) is 5.78 Å². The summed E-state index contributed by atoms with van der Waals surface area (Å²) in [4.78, 5) is 11.5. The number of carbonyl (C=O) groups is 1. The van der Waals surface area contributed by atoms with E-state index in [-0.39, 0.29) is 0 Å². The highest BCUT2D eigenvalue weighted by Gasteiger charge is 2.29. The maximum absolute atomic E-state index is 12.8. The second-order valence-corrected chi connectivity index (χ2v) is 8.48. The molecule has 0 saturated heterocycles. The number of hydrogen-bond acceptors (Lipinski definition) is 10. The highest BCUT2D eigenvalue weighted by atomic mass is 32.2. The van der Waals surface area contributed by atoms with Crippen LogP contribution in [0.2, 0.25) is 0 Å². The number of phenolic OH excluding ortho intramolecular Hbond substituents is 2. The third-order valence-electron chi connectivity index (χ3n) is 3.85. The molecular weight excluding hydrogens is 432 g/mol. The molecule has 0 radical (unpaired) electrons. The van der Waals surface area contributed by atoms with Crippen LogP contribution in [0.1, 0.15) is 15.9 Å². The van der Waals surface area contributed by atoms with Crippen LogP contribution >= 0.6 is 0 Å². The van der Waals surface area contributed by atoms with E-state index in [0.717, 1.165) is 45.6 Å². The Kier molecular flexibility index (Phi) is 6.08. The molecule has 3 N–H and O–H groups in total. The van der Waals surface area contributed by atoms with Crippen LogP contribution in [-0.4, -0.2) is 58.7 Å². The first kappa shape index (κ1) is 22.4. The van der Waals surface area contributed by atoms with E-state index in [1.165, 1.54) is 0 Å². The van der Waals surface area contributed by atoms with Gasteiger partial charge < -0.3 is 19.7 Å². The van der Waals surface area contributed by atoms with Gasteiger partial charge in [0.15, 0.2) is 23.0 Å². The topological polar surface area (TPSA) is 174 Å². The van der Waals surface area contributed by atoms with Crippen molar-refractivity contribution in [1.29, 1.82) is 0 Å². The van der Waals surface area contributed by atoms with Crippen LogP contribution in [0, 0.1) is 0 Å². The number of rotatable bonds is 7. The quantitative estimate of drug-likeness (QED) is 0.312. The largest absolute Gasteiger partial charge is 0.504 e. The molecule has 29 heavy (non-hydrogen) atoms. The fourth-order valence-electron chi connectivity index (χ4n) is 2.50. The molecule has 0 aliphatic heterocycles. The summed E-state index contributed by atoms with van der Waals surface area (Å²) in [6.07, 6.45) is 0. The van der Waals surface area contributed by atoms with Crippen molar-refractivity contribution in [2.24, 2.45) is 0 Å². The van der Waals surface area contributed by atoms with Crippen molar-refractivity contribution in [2.45, 2.75) is 9.79 Å². The zero-order chi connectivity index (χ0) is 22.1. The summed E-state index contributed by atoms with van der Waals surface area (Å²) >= 11 is 0. The monoisotopic (exact) mass is 448 g/mol. The first-order chi connectivity index (χ1) is 13.4. The van der Waals surface area contributed by atoms with Crippen LogP contribution in [0.15, 0.2) is 34.1 Å². The van der Waals surface area contributed by atoms with E-state index in [4.69, 9.17) is 9.47 Å². The van der Waals surface area contributed by atoms with Gasteiger partial charge in [-0.25, -0.2) is 0 Å². The average Bonchev–Trinajstić information content (AvgIpc) is 2.66. The molecule has 0 amide bonds. The van der Waals surface area contributed by atoms with E-state index in [1.807, 2.05) is 0 Å². The molecule has 2 aromatic carbocycles. The summed E-state index contributed by atoms with van der Waals surface area (Å²) in [5.41, 5.74) is -0.956. The van der Waals surface area contributed by atoms with Gasteiger partial charge in [-0.1, -0.05) is 0 Å². The molecular formula is C16H16O11S2. The summed E-state index contributed by atoms with van der Waals surface area (Å²) in [6, 6.07) is 3.61. The fourth-order valence-corrected chi connectivity index (χ4v) is 3.98. The number of ketones is 1. The van der Waals surface area contributed by atoms with Crippen LogP contribution in [0.4, 0.5) is 0 Å². The van der Waals surface area contributed by atoms with Gasteiger partial charge >= 0.3 is 10.1 Å². The Balaban J connectivity index is 2.71. The molecule has 0 saturated carbocycles. The number of aromatic hydroxyl groups is 2. The molecule has 0 aliphatic carbocycles. The average molecular weight is 448 g/mol. The summed E-state index contributed by atoms with van der Waals surface area (Å²) in [5, 5.41) is 20.6. The number of benzene rings is 2. The molecule has 0 bridgehead atoms. The van der Waals surface area contributed by atoms with Crippen LogP contribution in [0.5, 0.6) is 23.0 Å². The van der Waals surface area contributed by atoms with Crippen molar-refractivity contribution in [3.63, 3.8) is 0 Å². The third kappa shape index (κ3) is 3.98. The van der Waals surface area contributed by atoms with Gasteiger partial charge in [-0.2, -0.15) is 16.8 Å². The van der Waals surface area contributed by atoms with Crippen LogP contribution in [0.25, 0.3) is 0 Å². The number of methoxy groups -OCH3 is 2. The fraction of sp³-hybridized carbons (Fsp3) is 0.188. The van der Waals surface area contributed by atoms with Gasteiger partial charge in [0.1, 0.15) is 9.79 Å². The molecule has 158 valence electrons. The summed E-state index contributed by atoms with van der Waals surface area (Å²) in [6.45, 7) is 0. The first-order valence-corrected chi connectivity index (χ1v) is 10.4. The van der Waals surface area contributed by atoms with Crippen LogP contribution in [-0.2, 0) is 24.4 Å². The molecule has 2 aromatic rings. The molecule has 2 rings (SSSR count). The van der Waals surface area contributed by atoms with Crippen LogP contribution < -0.4 is 9.47 Å². The molecule has 0 spiro atoms. The van der Waals surface area contributed by atoms with Crippen molar-refractivity contribution in [3.8, 4) is 23.0 Å². The van der Waals surface area contributed by atoms with E-state index >= 15 is 0 Å². The maximum atomic E-state index is 12.8. The minimum atomic E-state index is -4.77.